The van der Waals surface area contributed by atoms with Crippen molar-refractivity contribution in [2.45, 2.75) is 38.7 Å². The summed E-state index contributed by atoms with van der Waals surface area (Å²) in [6, 6.07) is 7.24. The number of ether oxygens (including phenoxy) is 2. The molecule has 0 spiro atoms. The normalized spacial score (nSPS) is 15.4. The number of aromatic hydroxyl groups is 1. The number of pyridine rings is 1. The van der Waals surface area contributed by atoms with Crippen LogP contribution in [-0.4, -0.2) is 36.4 Å². The minimum atomic E-state index is -0.509. The summed E-state index contributed by atoms with van der Waals surface area (Å²) in [5.41, 5.74) is 3.12. The Kier molecular flexibility index (Phi) is 5.85. The molecule has 1 fully saturated rings. The number of phenols is 1. The zero-order valence-corrected chi connectivity index (χ0v) is 16.7. The molecule has 2 aliphatic rings. The number of anilines is 1. The van der Waals surface area contributed by atoms with Crippen molar-refractivity contribution in [3.8, 4) is 22.8 Å². The lowest BCUT2D eigenvalue weighted by atomic mass is 9.98. The number of fused-ring (bicyclic) bond motifs is 1. The van der Waals surface area contributed by atoms with Crippen molar-refractivity contribution in [1.82, 2.24) is 10.3 Å². The minimum Gasteiger partial charge on any atom is -0.507 e. The Morgan fingerprint density at radius 1 is 1.34 bits per heavy atom. The molecule has 0 atom stereocenters. The van der Waals surface area contributed by atoms with Gasteiger partial charge in [-0.05, 0) is 75.4 Å². The van der Waals surface area contributed by atoms with E-state index in [1.807, 2.05) is 19.2 Å². The number of carbonyl (C=O) groups is 1. The molecule has 3 N–H and O–H groups in total. The molecule has 0 radical (unpaired) electrons. The second-order valence-electron chi connectivity index (χ2n) is 7.66. The number of nitrogens with zero attached hydrogens (tertiary/aromatic N) is 1. The van der Waals surface area contributed by atoms with E-state index >= 15 is 0 Å². The molecule has 0 bridgehead atoms. The van der Waals surface area contributed by atoms with Gasteiger partial charge in [0.15, 0.2) is 0 Å². The van der Waals surface area contributed by atoms with Crippen LogP contribution in [0.15, 0.2) is 24.3 Å². The lowest BCUT2D eigenvalue weighted by Crippen LogP contribution is -2.23. The Hall–Kier alpha value is -2.80. The second-order valence-corrected chi connectivity index (χ2v) is 7.66. The van der Waals surface area contributed by atoms with Crippen LogP contribution in [0, 0.1) is 5.92 Å². The maximum Gasteiger partial charge on any atom is 0.413 e. The number of carbonyl (C=O) groups excluding carboxylic acids is 1. The number of unbranched alkanes of at least 4 members (excludes halogenated alkanes) is 1. The summed E-state index contributed by atoms with van der Waals surface area (Å²) >= 11 is 0. The predicted molar refractivity (Wildman–Crippen MR) is 110 cm³/mol. The summed E-state index contributed by atoms with van der Waals surface area (Å²) in [6.07, 6.45) is 4.75. The number of aryl methyl sites for hydroxylation is 1. The van der Waals surface area contributed by atoms with E-state index in [0.29, 0.717) is 35.3 Å². The fourth-order valence-electron chi connectivity index (χ4n) is 3.52. The number of aromatic nitrogens is 1. The van der Waals surface area contributed by atoms with Crippen LogP contribution in [0.25, 0.3) is 11.3 Å². The van der Waals surface area contributed by atoms with E-state index in [4.69, 9.17) is 9.47 Å². The van der Waals surface area contributed by atoms with Crippen LogP contribution in [0.1, 0.15) is 36.8 Å². The minimum absolute atomic E-state index is 0.116. The third kappa shape index (κ3) is 4.62. The summed E-state index contributed by atoms with van der Waals surface area (Å²) in [6.45, 7) is 1.80. The molecule has 7 heteroatoms. The van der Waals surface area contributed by atoms with Gasteiger partial charge in [-0.3, -0.25) is 5.32 Å². The van der Waals surface area contributed by atoms with Crippen molar-refractivity contribution in [3.05, 3.63) is 35.4 Å². The van der Waals surface area contributed by atoms with Gasteiger partial charge in [0.2, 0.25) is 0 Å². The first kappa shape index (κ1) is 19.5. The maximum atomic E-state index is 11.7. The highest BCUT2D eigenvalue weighted by atomic mass is 16.5. The fraction of sp³-hybridized carbons (Fsp3) is 0.455. The molecule has 1 amide bonds. The van der Waals surface area contributed by atoms with E-state index in [1.165, 1.54) is 12.8 Å². The lowest BCUT2D eigenvalue weighted by molar-refractivity contribution is 0.150. The molecule has 154 valence electrons. The molecule has 2 heterocycles. The lowest BCUT2D eigenvalue weighted by Gasteiger charge is -2.22. The smallest absolute Gasteiger partial charge is 0.413 e. The van der Waals surface area contributed by atoms with Crippen molar-refractivity contribution >= 4 is 11.9 Å². The molecule has 7 nitrogen and oxygen atoms in total. The molecule has 0 unspecified atom stereocenters. The Bertz CT molecular complexity index is 896. The highest BCUT2D eigenvalue weighted by Gasteiger charge is 2.25. The van der Waals surface area contributed by atoms with Gasteiger partial charge >= 0.3 is 6.09 Å². The Labute approximate surface area is 170 Å². The van der Waals surface area contributed by atoms with Crippen LogP contribution in [0.2, 0.25) is 0 Å². The zero-order valence-electron chi connectivity index (χ0n) is 16.7. The average Bonchev–Trinajstić information content (AvgIpc) is 3.53. The van der Waals surface area contributed by atoms with Crippen LogP contribution in [0.5, 0.6) is 11.5 Å². The molecule has 2 aromatic rings. The topological polar surface area (TPSA) is 92.7 Å². The molecule has 0 saturated heterocycles. The third-order valence-corrected chi connectivity index (χ3v) is 5.34. The largest absolute Gasteiger partial charge is 0.507 e. The summed E-state index contributed by atoms with van der Waals surface area (Å²) in [5, 5.41) is 16.4. The van der Waals surface area contributed by atoms with Gasteiger partial charge in [-0.25, -0.2) is 9.78 Å². The quantitative estimate of drug-likeness (QED) is 0.557. The van der Waals surface area contributed by atoms with Crippen LogP contribution in [0.4, 0.5) is 10.6 Å². The maximum absolute atomic E-state index is 11.7. The Balaban J connectivity index is 1.69. The van der Waals surface area contributed by atoms with Gasteiger partial charge in [-0.15, -0.1) is 0 Å². The van der Waals surface area contributed by atoms with Gasteiger partial charge in [0.05, 0.1) is 17.9 Å². The molecule has 1 aliphatic carbocycles. The number of hydrogen-bond donors (Lipinski definition) is 3. The Morgan fingerprint density at radius 3 is 3.00 bits per heavy atom. The van der Waals surface area contributed by atoms with E-state index in [0.717, 1.165) is 36.9 Å². The molecular weight excluding hydrogens is 370 g/mol. The fourth-order valence-corrected chi connectivity index (χ4v) is 3.52. The molecule has 29 heavy (non-hydrogen) atoms. The van der Waals surface area contributed by atoms with Gasteiger partial charge in [0.1, 0.15) is 23.9 Å². The standard InChI is InChI=1S/C22H27N3O4/c1-23-10-3-2-5-15-11-17(24-21-16(15)13-29-22(27)25-21)20-18(26)6-4-7-19(20)28-12-14-8-9-14/h4,6-7,11,14,23,26H,2-3,5,8-10,12-13H2,1H3,(H,24,25,27). The number of benzene rings is 1. The van der Waals surface area contributed by atoms with Crippen molar-refractivity contribution < 1.29 is 19.4 Å². The molecule has 1 saturated carbocycles. The number of nitrogens with one attached hydrogen (secondary N) is 2. The highest BCUT2D eigenvalue weighted by molar-refractivity contribution is 5.87. The van der Waals surface area contributed by atoms with Gasteiger partial charge in [-0.1, -0.05) is 6.07 Å². The van der Waals surface area contributed by atoms with Crippen molar-refractivity contribution in [2.75, 3.05) is 25.5 Å². The van der Waals surface area contributed by atoms with Gasteiger partial charge in [0, 0.05) is 5.56 Å². The second kappa shape index (κ2) is 8.69. The van der Waals surface area contributed by atoms with E-state index in [-0.39, 0.29) is 12.4 Å². The van der Waals surface area contributed by atoms with Gasteiger partial charge in [-0.2, -0.15) is 0 Å². The van der Waals surface area contributed by atoms with Crippen LogP contribution >= 0.6 is 0 Å². The summed E-state index contributed by atoms with van der Waals surface area (Å²) in [7, 11) is 1.94. The first-order chi connectivity index (χ1) is 14.2. The predicted octanol–water partition coefficient (Wildman–Crippen LogP) is 3.85. The van der Waals surface area contributed by atoms with Crippen LogP contribution in [0.3, 0.4) is 0 Å². The van der Waals surface area contributed by atoms with E-state index < -0.39 is 6.09 Å². The SMILES string of the molecule is CNCCCCc1cc(-c2c(O)cccc2OCC2CC2)nc2c1COC(=O)N2. The summed E-state index contributed by atoms with van der Waals surface area (Å²) < 4.78 is 11.2. The van der Waals surface area contributed by atoms with Gasteiger partial charge < -0.3 is 19.9 Å². The molecule has 4 rings (SSSR count). The van der Waals surface area contributed by atoms with E-state index in [1.54, 1.807) is 12.1 Å². The van der Waals surface area contributed by atoms with Crippen molar-refractivity contribution in [1.29, 1.82) is 0 Å². The summed E-state index contributed by atoms with van der Waals surface area (Å²) in [4.78, 5) is 16.4. The van der Waals surface area contributed by atoms with Gasteiger partial charge in [0.25, 0.3) is 0 Å². The van der Waals surface area contributed by atoms with Crippen LogP contribution in [-0.2, 0) is 17.8 Å². The third-order valence-electron chi connectivity index (χ3n) is 5.34. The molecule has 1 aromatic carbocycles. The first-order valence-corrected chi connectivity index (χ1v) is 10.2. The number of hydrogen-bond acceptors (Lipinski definition) is 6. The van der Waals surface area contributed by atoms with Crippen LogP contribution < -0.4 is 15.4 Å². The number of amides is 1. The number of cyclic esters (lactones) is 1. The Morgan fingerprint density at radius 2 is 2.21 bits per heavy atom. The molecular formula is C22H27N3O4. The highest BCUT2D eigenvalue weighted by Crippen LogP contribution is 2.40. The van der Waals surface area contributed by atoms with E-state index in [2.05, 4.69) is 15.6 Å². The summed E-state index contributed by atoms with van der Waals surface area (Å²) in [5.74, 6) is 1.83. The van der Waals surface area contributed by atoms with E-state index in [9.17, 15) is 9.90 Å². The van der Waals surface area contributed by atoms with Crippen molar-refractivity contribution in [3.63, 3.8) is 0 Å². The van der Waals surface area contributed by atoms with Crippen molar-refractivity contribution in [2.24, 2.45) is 5.92 Å². The monoisotopic (exact) mass is 397 g/mol. The molecule has 1 aliphatic heterocycles. The number of rotatable bonds is 9. The average molecular weight is 397 g/mol. The molecule has 1 aromatic heterocycles. The number of phenolic OH excluding ortho intramolecular Hbond substituents is 1. The zero-order chi connectivity index (χ0) is 20.2. The first-order valence-electron chi connectivity index (χ1n) is 10.2.